The lowest BCUT2D eigenvalue weighted by Crippen LogP contribution is -2.35. The lowest BCUT2D eigenvalue weighted by atomic mass is 9.77. The highest BCUT2D eigenvalue weighted by atomic mass is 16.3. The average Bonchev–Trinajstić information content (AvgIpc) is 3.17. The number of hydrogen-bond donors (Lipinski definition) is 2. The Labute approximate surface area is 154 Å². The molecule has 1 heterocycles. The standard InChI is InChI=1S/C21H26N2O3/c1-23-21(25)17(14-5-3-2-4-6-14)13-18(24)20-12-11-19(26-20)15-7-9-16(22)10-8-15/h7-12,14,17H,2-6,13,22H2,1H3,(H,23,25)/t17-/m0/s1. The van der Waals surface area contributed by atoms with Crippen LogP contribution in [0.4, 0.5) is 5.69 Å². The number of furan rings is 1. The highest BCUT2D eigenvalue weighted by molar-refractivity contribution is 5.97. The Morgan fingerprint density at radius 1 is 1.12 bits per heavy atom. The first-order valence-corrected chi connectivity index (χ1v) is 9.29. The first-order valence-electron chi connectivity index (χ1n) is 9.29. The maximum atomic E-state index is 12.7. The molecule has 0 unspecified atom stereocenters. The number of amides is 1. The van der Waals surface area contributed by atoms with Crippen molar-refractivity contribution in [2.75, 3.05) is 12.8 Å². The van der Waals surface area contributed by atoms with E-state index in [2.05, 4.69) is 5.32 Å². The molecule has 1 aromatic heterocycles. The molecular formula is C21H26N2O3. The zero-order valence-corrected chi connectivity index (χ0v) is 15.2. The van der Waals surface area contributed by atoms with Crippen molar-refractivity contribution in [1.29, 1.82) is 0 Å². The van der Waals surface area contributed by atoms with Crippen molar-refractivity contribution >= 4 is 17.4 Å². The van der Waals surface area contributed by atoms with E-state index in [4.69, 9.17) is 10.2 Å². The molecule has 3 N–H and O–H groups in total. The van der Waals surface area contributed by atoms with Gasteiger partial charge in [-0.15, -0.1) is 0 Å². The first-order chi connectivity index (χ1) is 12.6. The van der Waals surface area contributed by atoms with Gasteiger partial charge in [0.2, 0.25) is 5.91 Å². The molecule has 1 atom stereocenters. The summed E-state index contributed by atoms with van der Waals surface area (Å²) in [6, 6.07) is 10.8. The lowest BCUT2D eigenvalue weighted by Gasteiger charge is -2.28. The predicted octanol–water partition coefficient (Wildman–Crippen LogP) is 4.04. The van der Waals surface area contributed by atoms with E-state index in [1.807, 2.05) is 12.1 Å². The molecule has 1 fully saturated rings. The maximum Gasteiger partial charge on any atom is 0.223 e. The molecule has 0 bridgehead atoms. The average molecular weight is 354 g/mol. The first kappa shape index (κ1) is 18.2. The minimum atomic E-state index is -0.280. The molecule has 5 heteroatoms. The number of benzene rings is 1. The predicted molar refractivity (Wildman–Crippen MR) is 102 cm³/mol. The fourth-order valence-corrected chi connectivity index (χ4v) is 3.79. The minimum Gasteiger partial charge on any atom is -0.453 e. The van der Waals surface area contributed by atoms with Crippen LogP contribution in [0.1, 0.15) is 49.1 Å². The summed E-state index contributed by atoms with van der Waals surface area (Å²) in [5.74, 6) is 0.766. The van der Waals surface area contributed by atoms with E-state index in [0.29, 0.717) is 17.2 Å². The van der Waals surface area contributed by atoms with Crippen LogP contribution >= 0.6 is 0 Å². The number of hydrogen-bond acceptors (Lipinski definition) is 4. The molecular weight excluding hydrogens is 328 g/mol. The Morgan fingerprint density at radius 3 is 2.46 bits per heavy atom. The van der Waals surface area contributed by atoms with Crippen molar-refractivity contribution < 1.29 is 14.0 Å². The van der Waals surface area contributed by atoms with Crippen molar-refractivity contribution in [2.45, 2.75) is 38.5 Å². The van der Waals surface area contributed by atoms with Crippen LogP contribution in [0.3, 0.4) is 0 Å². The number of nitrogens with two attached hydrogens (primary N) is 1. The van der Waals surface area contributed by atoms with Gasteiger partial charge in [-0.2, -0.15) is 0 Å². The van der Waals surface area contributed by atoms with Gasteiger partial charge in [0, 0.05) is 30.6 Å². The smallest absolute Gasteiger partial charge is 0.223 e. The van der Waals surface area contributed by atoms with Crippen LogP contribution in [0.25, 0.3) is 11.3 Å². The van der Waals surface area contributed by atoms with Gasteiger partial charge < -0.3 is 15.5 Å². The van der Waals surface area contributed by atoms with Crippen LogP contribution in [-0.2, 0) is 4.79 Å². The van der Waals surface area contributed by atoms with E-state index < -0.39 is 0 Å². The summed E-state index contributed by atoms with van der Waals surface area (Å²) >= 11 is 0. The third-order valence-electron chi connectivity index (χ3n) is 5.28. The molecule has 2 aromatic rings. The molecule has 3 rings (SSSR count). The molecule has 1 aromatic carbocycles. The summed E-state index contributed by atoms with van der Waals surface area (Å²) in [6.07, 6.45) is 5.70. The van der Waals surface area contributed by atoms with E-state index in [0.717, 1.165) is 31.2 Å². The van der Waals surface area contributed by atoms with Crippen LogP contribution in [0.2, 0.25) is 0 Å². The molecule has 1 amide bonds. The molecule has 0 radical (unpaired) electrons. The van der Waals surface area contributed by atoms with Gasteiger partial charge >= 0.3 is 0 Å². The maximum absolute atomic E-state index is 12.7. The molecule has 0 saturated heterocycles. The van der Waals surface area contributed by atoms with Gasteiger partial charge in [0.15, 0.2) is 11.5 Å². The van der Waals surface area contributed by atoms with Crippen molar-refractivity contribution in [3.05, 3.63) is 42.2 Å². The minimum absolute atomic E-state index is 0.0458. The molecule has 138 valence electrons. The van der Waals surface area contributed by atoms with Crippen molar-refractivity contribution in [2.24, 2.45) is 11.8 Å². The summed E-state index contributed by atoms with van der Waals surface area (Å²) in [5, 5.41) is 2.72. The summed E-state index contributed by atoms with van der Waals surface area (Å²) in [6.45, 7) is 0. The van der Waals surface area contributed by atoms with Gasteiger partial charge in [-0.1, -0.05) is 19.3 Å². The third-order valence-corrected chi connectivity index (χ3v) is 5.28. The lowest BCUT2D eigenvalue weighted by molar-refractivity contribution is -0.126. The van der Waals surface area contributed by atoms with Crippen molar-refractivity contribution in [3.8, 4) is 11.3 Å². The molecule has 1 aliphatic carbocycles. The van der Waals surface area contributed by atoms with Gasteiger partial charge in [-0.25, -0.2) is 0 Å². The van der Waals surface area contributed by atoms with E-state index in [1.54, 1.807) is 31.3 Å². The zero-order valence-electron chi connectivity index (χ0n) is 15.2. The van der Waals surface area contributed by atoms with Gasteiger partial charge in [0.25, 0.3) is 0 Å². The number of Topliss-reactive ketones (excluding diaryl/α,β-unsaturated/α-hetero) is 1. The Bertz CT molecular complexity index is 758. The summed E-state index contributed by atoms with van der Waals surface area (Å²) < 4.78 is 5.75. The number of nitrogens with one attached hydrogen (secondary N) is 1. The monoisotopic (exact) mass is 354 g/mol. The van der Waals surface area contributed by atoms with Crippen LogP contribution in [0, 0.1) is 11.8 Å². The second kappa shape index (κ2) is 8.21. The second-order valence-electron chi connectivity index (χ2n) is 7.03. The largest absolute Gasteiger partial charge is 0.453 e. The SMILES string of the molecule is CNC(=O)[C@@H](CC(=O)c1ccc(-c2ccc(N)cc2)o1)C1CCCCC1. The molecule has 5 nitrogen and oxygen atoms in total. The number of carbonyl (C=O) groups is 2. The van der Waals surface area contributed by atoms with Crippen LogP contribution in [0.5, 0.6) is 0 Å². The number of nitrogen functional groups attached to an aromatic ring is 1. The van der Waals surface area contributed by atoms with E-state index >= 15 is 0 Å². The van der Waals surface area contributed by atoms with Gasteiger partial charge in [0.1, 0.15) is 5.76 Å². The number of carbonyl (C=O) groups excluding carboxylic acids is 2. The van der Waals surface area contributed by atoms with Crippen LogP contribution < -0.4 is 11.1 Å². The zero-order chi connectivity index (χ0) is 18.5. The van der Waals surface area contributed by atoms with Gasteiger partial charge in [-0.05, 0) is 55.2 Å². The number of ketones is 1. The Kier molecular flexibility index (Phi) is 5.76. The third kappa shape index (κ3) is 4.15. The molecule has 0 aliphatic heterocycles. The number of rotatable bonds is 6. The van der Waals surface area contributed by atoms with Gasteiger partial charge in [-0.3, -0.25) is 9.59 Å². The Balaban J connectivity index is 1.73. The van der Waals surface area contributed by atoms with E-state index in [-0.39, 0.29) is 29.9 Å². The molecule has 26 heavy (non-hydrogen) atoms. The fourth-order valence-electron chi connectivity index (χ4n) is 3.79. The highest BCUT2D eigenvalue weighted by Crippen LogP contribution is 2.33. The number of anilines is 1. The second-order valence-corrected chi connectivity index (χ2v) is 7.03. The summed E-state index contributed by atoms with van der Waals surface area (Å²) in [7, 11) is 1.63. The Hall–Kier alpha value is -2.56. The normalized spacial score (nSPS) is 16.2. The topological polar surface area (TPSA) is 85.3 Å². The van der Waals surface area contributed by atoms with E-state index in [9.17, 15) is 9.59 Å². The van der Waals surface area contributed by atoms with Crippen molar-refractivity contribution in [1.82, 2.24) is 5.32 Å². The highest BCUT2D eigenvalue weighted by Gasteiger charge is 2.31. The van der Waals surface area contributed by atoms with E-state index in [1.165, 1.54) is 6.42 Å². The summed E-state index contributed by atoms with van der Waals surface area (Å²) in [5.41, 5.74) is 7.25. The molecule has 1 saturated carbocycles. The fraction of sp³-hybridized carbons (Fsp3) is 0.429. The quantitative estimate of drug-likeness (QED) is 0.605. The Morgan fingerprint density at radius 2 is 1.81 bits per heavy atom. The van der Waals surface area contributed by atoms with Crippen LogP contribution in [0.15, 0.2) is 40.8 Å². The molecule has 0 spiro atoms. The summed E-state index contributed by atoms with van der Waals surface area (Å²) in [4.78, 5) is 25.1. The van der Waals surface area contributed by atoms with Crippen molar-refractivity contribution in [3.63, 3.8) is 0 Å². The molecule has 1 aliphatic rings. The van der Waals surface area contributed by atoms with Gasteiger partial charge in [0.05, 0.1) is 0 Å². The van der Waals surface area contributed by atoms with Crippen LogP contribution in [-0.4, -0.2) is 18.7 Å².